The standard InChI is InChI=1S/C13H19F2NO2/c1-2-16(5-6-17)4-3-13(18)10-7-11(14)9-12(15)8-10/h7-9,13,17-18H,2-6H2,1H3. The molecule has 0 radical (unpaired) electrons. The van der Waals surface area contributed by atoms with Crippen LogP contribution in [0.2, 0.25) is 0 Å². The molecular weight excluding hydrogens is 240 g/mol. The van der Waals surface area contributed by atoms with Crippen molar-refractivity contribution in [1.29, 1.82) is 0 Å². The maximum atomic E-state index is 13.0. The Morgan fingerprint density at radius 3 is 2.28 bits per heavy atom. The van der Waals surface area contributed by atoms with Crippen molar-refractivity contribution in [3.63, 3.8) is 0 Å². The van der Waals surface area contributed by atoms with Crippen molar-refractivity contribution in [3.05, 3.63) is 35.4 Å². The average molecular weight is 259 g/mol. The second-order valence-corrected chi connectivity index (χ2v) is 4.17. The number of rotatable bonds is 7. The van der Waals surface area contributed by atoms with Gasteiger partial charge >= 0.3 is 0 Å². The molecule has 0 heterocycles. The first kappa shape index (κ1) is 15.0. The summed E-state index contributed by atoms with van der Waals surface area (Å²) in [6.45, 7) is 3.85. The van der Waals surface area contributed by atoms with Gasteiger partial charge in [0.1, 0.15) is 11.6 Å². The molecule has 0 aliphatic carbocycles. The summed E-state index contributed by atoms with van der Waals surface area (Å²) >= 11 is 0. The molecule has 18 heavy (non-hydrogen) atoms. The molecule has 0 saturated carbocycles. The van der Waals surface area contributed by atoms with E-state index in [0.29, 0.717) is 19.5 Å². The van der Waals surface area contributed by atoms with Crippen LogP contribution in [0.3, 0.4) is 0 Å². The summed E-state index contributed by atoms with van der Waals surface area (Å²) in [5.41, 5.74) is 0.243. The van der Waals surface area contributed by atoms with E-state index in [2.05, 4.69) is 0 Å². The highest BCUT2D eigenvalue weighted by molar-refractivity contribution is 5.20. The minimum Gasteiger partial charge on any atom is -0.395 e. The predicted molar refractivity (Wildman–Crippen MR) is 65.1 cm³/mol. The van der Waals surface area contributed by atoms with Crippen molar-refractivity contribution in [2.24, 2.45) is 0 Å². The maximum absolute atomic E-state index is 13.0. The maximum Gasteiger partial charge on any atom is 0.126 e. The van der Waals surface area contributed by atoms with E-state index in [1.165, 1.54) is 0 Å². The number of halogens is 2. The molecule has 5 heteroatoms. The number of hydrogen-bond acceptors (Lipinski definition) is 3. The van der Waals surface area contributed by atoms with Gasteiger partial charge in [0, 0.05) is 19.2 Å². The second kappa shape index (κ2) is 7.41. The van der Waals surface area contributed by atoms with Crippen LogP contribution < -0.4 is 0 Å². The minimum absolute atomic E-state index is 0.0541. The Bertz CT molecular complexity index is 354. The summed E-state index contributed by atoms with van der Waals surface area (Å²) in [6.07, 6.45) is -0.528. The molecule has 2 N–H and O–H groups in total. The van der Waals surface area contributed by atoms with Crippen LogP contribution in [0.4, 0.5) is 8.78 Å². The molecule has 1 atom stereocenters. The van der Waals surface area contributed by atoms with E-state index in [0.717, 1.165) is 24.7 Å². The summed E-state index contributed by atoms with van der Waals surface area (Å²) in [5.74, 6) is -1.38. The Morgan fingerprint density at radius 2 is 1.78 bits per heavy atom. The highest BCUT2D eigenvalue weighted by Gasteiger charge is 2.12. The first-order valence-electron chi connectivity index (χ1n) is 6.04. The van der Waals surface area contributed by atoms with Gasteiger partial charge in [-0.2, -0.15) is 0 Å². The highest BCUT2D eigenvalue weighted by atomic mass is 19.1. The van der Waals surface area contributed by atoms with Crippen molar-refractivity contribution < 1.29 is 19.0 Å². The van der Waals surface area contributed by atoms with Gasteiger partial charge in [-0.25, -0.2) is 8.78 Å². The molecule has 0 saturated heterocycles. The van der Waals surface area contributed by atoms with E-state index in [9.17, 15) is 13.9 Å². The Labute approximate surface area is 106 Å². The fraction of sp³-hybridized carbons (Fsp3) is 0.538. The summed E-state index contributed by atoms with van der Waals surface area (Å²) < 4.78 is 26.0. The zero-order chi connectivity index (χ0) is 13.5. The summed E-state index contributed by atoms with van der Waals surface area (Å²) in [6, 6.07) is 3.05. The van der Waals surface area contributed by atoms with Crippen LogP contribution in [0, 0.1) is 11.6 Å². The molecule has 1 unspecified atom stereocenters. The molecule has 0 aliphatic rings. The monoisotopic (exact) mass is 259 g/mol. The van der Waals surface area contributed by atoms with Crippen molar-refractivity contribution in [1.82, 2.24) is 4.90 Å². The molecule has 0 amide bonds. The lowest BCUT2D eigenvalue weighted by Gasteiger charge is -2.21. The second-order valence-electron chi connectivity index (χ2n) is 4.17. The van der Waals surface area contributed by atoms with Gasteiger partial charge in [-0.15, -0.1) is 0 Å². The quantitative estimate of drug-likeness (QED) is 0.783. The SMILES string of the molecule is CCN(CCO)CCC(O)c1cc(F)cc(F)c1. The molecule has 0 aromatic heterocycles. The van der Waals surface area contributed by atoms with E-state index < -0.39 is 17.7 Å². The van der Waals surface area contributed by atoms with Gasteiger partial charge in [0.25, 0.3) is 0 Å². The van der Waals surface area contributed by atoms with Crippen molar-refractivity contribution in [2.45, 2.75) is 19.4 Å². The summed E-state index contributed by atoms with van der Waals surface area (Å²) in [7, 11) is 0. The molecule has 3 nitrogen and oxygen atoms in total. The van der Waals surface area contributed by atoms with Crippen LogP contribution in [-0.4, -0.2) is 41.4 Å². The van der Waals surface area contributed by atoms with E-state index in [-0.39, 0.29) is 12.2 Å². The van der Waals surface area contributed by atoms with Crippen LogP contribution in [0.25, 0.3) is 0 Å². The van der Waals surface area contributed by atoms with Gasteiger partial charge in [0.2, 0.25) is 0 Å². The first-order valence-corrected chi connectivity index (χ1v) is 6.04. The lowest BCUT2D eigenvalue weighted by molar-refractivity contribution is 0.133. The van der Waals surface area contributed by atoms with E-state index in [1.54, 1.807) is 0 Å². The Morgan fingerprint density at radius 1 is 1.17 bits per heavy atom. The molecule has 0 spiro atoms. The fourth-order valence-electron chi connectivity index (χ4n) is 1.81. The van der Waals surface area contributed by atoms with Gasteiger partial charge in [0.05, 0.1) is 12.7 Å². The zero-order valence-corrected chi connectivity index (χ0v) is 10.4. The number of likely N-dealkylation sites (N-methyl/N-ethyl adjacent to an activating group) is 1. The number of nitrogens with zero attached hydrogens (tertiary/aromatic N) is 1. The van der Waals surface area contributed by atoms with Gasteiger partial charge < -0.3 is 15.1 Å². The van der Waals surface area contributed by atoms with Crippen molar-refractivity contribution in [2.75, 3.05) is 26.2 Å². The van der Waals surface area contributed by atoms with Crippen LogP contribution in [0.1, 0.15) is 25.0 Å². The van der Waals surface area contributed by atoms with Crippen LogP contribution in [0.5, 0.6) is 0 Å². The molecule has 1 aromatic carbocycles. The molecular formula is C13H19F2NO2. The van der Waals surface area contributed by atoms with Crippen LogP contribution in [0.15, 0.2) is 18.2 Å². The van der Waals surface area contributed by atoms with Gasteiger partial charge in [0.15, 0.2) is 0 Å². The lowest BCUT2D eigenvalue weighted by atomic mass is 10.1. The normalized spacial score (nSPS) is 13.0. The Balaban J connectivity index is 2.56. The topological polar surface area (TPSA) is 43.7 Å². The van der Waals surface area contributed by atoms with Crippen molar-refractivity contribution >= 4 is 0 Å². The van der Waals surface area contributed by atoms with Crippen LogP contribution >= 0.6 is 0 Å². The number of aliphatic hydroxyl groups is 2. The molecule has 1 rings (SSSR count). The lowest BCUT2D eigenvalue weighted by Crippen LogP contribution is -2.28. The third kappa shape index (κ3) is 4.68. The third-order valence-electron chi connectivity index (χ3n) is 2.85. The van der Waals surface area contributed by atoms with E-state index in [1.807, 2.05) is 11.8 Å². The average Bonchev–Trinajstić information content (AvgIpc) is 2.32. The smallest absolute Gasteiger partial charge is 0.126 e. The number of aliphatic hydroxyl groups excluding tert-OH is 2. The number of benzene rings is 1. The van der Waals surface area contributed by atoms with Crippen LogP contribution in [-0.2, 0) is 0 Å². The molecule has 1 aromatic rings. The zero-order valence-electron chi connectivity index (χ0n) is 10.4. The minimum atomic E-state index is -0.900. The molecule has 0 fully saturated rings. The van der Waals surface area contributed by atoms with E-state index in [4.69, 9.17) is 5.11 Å². The Kier molecular flexibility index (Phi) is 6.18. The first-order chi connectivity index (χ1) is 8.56. The van der Waals surface area contributed by atoms with Gasteiger partial charge in [-0.3, -0.25) is 0 Å². The highest BCUT2D eigenvalue weighted by Crippen LogP contribution is 2.19. The predicted octanol–water partition coefficient (Wildman–Crippen LogP) is 1.70. The Hall–Kier alpha value is -1.04. The molecule has 0 aliphatic heterocycles. The van der Waals surface area contributed by atoms with Gasteiger partial charge in [-0.1, -0.05) is 6.92 Å². The number of hydrogen-bond donors (Lipinski definition) is 2. The molecule has 102 valence electrons. The summed E-state index contributed by atoms with van der Waals surface area (Å²) in [4.78, 5) is 1.96. The van der Waals surface area contributed by atoms with Gasteiger partial charge in [-0.05, 0) is 30.7 Å². The fourth-order valence-corrected chi connectivity index (χ4v) is 1.81. The summed E-state index contributed by atoms with van der Waals surface area (Å²) in [5, 5.41) is 18.7. The third-order valence-corrected chi connectivity index (χ3v) is 2.85. The van der Waals surface area contributed by atoms with E-state index >= 15 is 0 Å². The van der Waals surface area contributed by atoms with Crippen molar-refractivity contribution in [3.8, 4) is 0 Å². The largest absolute Gasteiger partial charge is 0.395 e. The molecule has 0 bridgehead atoms.